The number of benzene rings is 11. The summed E-state index contributed by atoms with van der Waals surface area (Å²) in [5, 5.41) is 9.75. The molecule has 0 saturated heterocycles. The van der Waals surface area contributed by atoms with Gasteiger partial charge in [0.2, 0.25) is 0 Å². The van der Waals surface area contributed by atoms with Crippen molar-refractivity contribution in [1.29, 1.82) is 0 Å². The summed E-state index contributed by atoms with van der Waals surface area (Å²) >= 11 is 0. The van der Waals surface area contributed by atoms with Gasteiger partial charge in [-0.1, -0.05) is 182 Å². The Morgan fingerprint density at radius 3 is 1.45 bits per heavy atom. The Hall–Kier alpha value is -8.20. The van der Waals surface area contributed by atoms with Crippen LogP contribution in [0.4, 0.5) is 17.1 Å². The summed E-state index contributed by atoms with van der Waals surface area (Å²) in [7, 11) is 0. The van der Waals surface area contributed by atoms with Crippen molar-refractivity contribution in [1.82, 2.24) is 0 Å². The standard InChI is InChI=1S/C60H39NO/c1-2-15-42(16-3-1)59-55-24-8-6-21-51(55)52-22-7-9-25-56(52)60(59)43-30-34-47(35-31-43)61(48-36-37-54-53-23-10-11-27-57(53)62-58(54)39-48)46-32-28-40(29-33-46)44-18-12-19-45(38-44)50-26-13-17-41-14-4-5-20-49(41)50/h1-39H. The molecule has 0 aliphatic heterocycles. The maximum atomic E-state index is 6.45. The van der Waals surface area contributed by atoms with Gasteiger partial charge in [0.1, 0.15) is 11.2 Å². The quantitative estimate of drug-likeness (QED) is 0.150. The molecule has 1 aromatic heterocycles. The number of furan rings is 1. The Bertz CT molecular complexity index is 3610. The van der Waals surface area contributed by atoms with Gasteiger partial charge >= 0.3 is 0 Å². The van der Waals surface area contributed by atoms with E-state index in [1.807, 2.05) is 12.1 Å². The molecule has 0 fully saturated rings. The maximum Gasteiger partial charge on any atom is 0.137 e. The normalized spacial score (nSPS) is 11.5. The number of rotatable bonds is 7. The van der Waals surface area contributed by atoms with Crippen LogP contribution in [-0.2, 0) is 0 Å². The molecule has 0 saturated carbocycles. The van der Waals surface area contributed by atoms with Crippen LogP contribution in [0.3, 0.4) is 0 Å². The number of hydrogen-bond acceptors (Lipinski definition) is 2. The van der Waals surface area contributed by atoms with Gasteiger partial charge in [-0.15, -0.1) is 0 Å². The molecule has 0 aliphatic rings. The second kappa shape index (κ2) is 14.8. The predicted molar refractivity (Wildman–Crippen MR) is 263 cm³/mol. The SMILES string of the molecule is c1ccc(-c2c(-c3ccc(N(c4ccc(-c5cccc(-c6cccc7ccccc67)c5)cc4)c4ccc5c(c4)oc4ccccc45)cc3)c3ccccc3c3ccccc23)cc1. The summed E-state index contributed by atoms with van der Waals surface area (Å²) in [6.45, 7) is 0. The van der Waals surface area contributed by atoms with Crippen LogP contribution in [0, 0.1) is 0 Å². The van der Waals surface area contributed by atoms with Crippen molar-refractivity contribution >= 4 is 71.3 Å². The van der Waals surface area contributed by atoms with Crippen molar-refractivity contribution < 1.29 is 4.42 Å². The third-order valence-corrected chi connectivity index (χ3v) is 12.5. The molecular formula is C60H39NO. The van der Waals surface area contributed by atoms with Crippen molar-refractivity contribution in [2.75, 3.05) is 4.90 Å². The van der Waals surface area contributed by atoms with Gasteiger partial charge in [0.15, 0.2) is 0 Å². The highest BCUT2D eigenvalue weighted by atomic mass is 16.3. The highest BCUT2D eigenvalue weighted by Crippen LogP contribution is 2.46. The first kappa shape index (κ1) is 35.7. The summed E-state index contributed by atoms with van der Waals surface area (Å²) in [6.07, 6.45) is 0. The lowest BCUT2D eigenvalue weighted by molar-refractivity contribution is 0.669. The molecule has 0 spiro atoms. The summed E-state index contributed by atoms with van der Waals surface area (Å²) < 4.78 is 6.45. The van der Waals surface area contributed by atoms with Gasteiger partial charge in [-0.05, 0) is 125 Å². The van der Waals surface area contributed by atoms with Crippen LogP contribution in [0.2, 0.25) is 0 Å². The van der Waals surface area contributed by atoms with E-state index in [0.29, 0.717) is 0 Å². The topological polar surface area (TPSA) is 16.4 Å². The molecule has 2 heteroatoms. The molecule has 0 aliphatic carbocycles. The van der Waals surface area contributed by atoms with Crippen molar-refractivity contribution in [3.05, 3.63) is 237 Å². The Labute approximate surface area is 360 Å². The molecule has 0 atom stereocenters. The third kappa shape index (κ3) is 6.04. The largest absolute Gasteiger partial charge is 0.456 e. The zero-order chi connectivity index (χ0) is 41.0. The Morgan fingerprint density at radius 1 is 0.258 bits per heavy atom. The van der Waals surface area contributed by atoms with Gasteiger partial charge in [0, 0.05) is 33.9 Å². The van der Waals surface area contributed by atoms with Gasteiger partial charge in [0.05, 0.1) is 0 Å². The molecule has 0 amide bonds. The van der Waals surface area contributed by atoms with E-state index in [4.69, 9.17) is 4.42 Å². The highest BCUT2D eigenvalue weighted by molar-refractivity contribution is 6.21. The number of hydrogen-bond donors (Lipinski definition) is 0. The smallest absolute Gasteiger partial charge is 0.137 e. The van der Waals surface area contributed by atoms with E-state index in [2.05, 4.69) is 229 Å². The molecule has 62 heavy (non-hydrogen) atoms. The summed E-state index contributed by atoms with van der Waals surface area (Å²) in [5.74, 6) is 0. The van der Waals surface area contributed by atoms with E-state index in [0.717, 1.165) is 44.6 Å². The van der Waals surface area contributed by atoms with E-state index >= 15 is 0 Å². The second-order valence-corrected chi connectivity index (χ2v) is 16.0. The average molecular weight is 790 g/mol. The van der Waals surface area contributed by atoms with E-state index in [-0.39, 0.29) is 0 Å². The molecule has 0 N–H and O–H groups in total. The lowest BCUT2D eigenvalue weighted by Crippen LogP contribution is -2.09. The molecule has 0 unspecified atom stereocenters. The molecule has 290 valence electrons. The van der Waals surface area contributed by atoms with E-state index in [1.54, 1.807) is 0 Å². The second-order valence-electron chi connectivity index (χ2n) is 16.0. The van der Waals surface area contributed by atoms with Gasteiger partial charge in [-0.25, -0.2) is 0 Å². The van der Waals surface area contributed by atoms with Crippen LogP contribution in [0.25, 0.3) is 98.8 Å². The van der Waals surface area contributed by atoms with Crippen molar-refractivity contribution in [3.8, 4) is 44.5 Å². The zero-order valence-corrected chi connectivity index (χ0v) is 33.9. The molecule has 12 rings (SSSR count). The van der Waals surface area contributed by atoms with Crippen LogP contribution in [-0.4, -0.2) is 0 Å². The van der Waals surface area contributed by atoms with Gasteiger partial charge in [0.25, 0.3) is 0 Å². The molecule has 12 aromatic rings. The van der Waals surface area contributed by atoms with E-state index in [9.17, 15) is 0 Å². The number of fused-ring (bicyclic) bond motifs is 7. The van der Waals surface area contributed by atoms with E-state index in [1.165, 1.54) is 71.3 Å². The summed E-state index contributed by atoms with van der Waals surface area (Å²) in [6, 6.07) is 85.4. The van der Waals surface area contributed by atoms with Gasteiger partial charge < -0.3 is 9.32 Å². The molecule has 0 bridgehead atoms. The zero-order valence-electron chi connectivity index (χ0n) is 33.9. The lowest BCUT2D eigenvalue weighted by atomic mass is 9.85. The van der Waals surface area contributed by atoms with Gasteiger partial charge in [-0.2, -0.15) is 0 Å². The highest BCUT2D eigenvalue weighted by Gasteiger charge is 2.20. The Morgan fingerprint density at radius 2 is 0.742 bits per heavy atom. The number of anilines is 3. The fraction of sp³-hybridized carbons (Fsp3) is 0. The van der Waals surface area contributed by atoms with Crippen LogP contribution < -0.4 is 4.90 Å². The number of para-hydroxylation sites is 1. The monoisotopic (exact) mass is 789 g/mol. The number of nitrogens with zero attached hydrogens (tertiary/aromatic N) is 1. The minimum Gasteiger partial charge on any atom is -0.456 e. The fourth-order valence-electron chi connectivity index (χ4n) is 9.57. The van der Waals surface area contributed by atoms with Crippen molar-refractivity contribution in [2.45, 2.75) is 0 Å². The fourth-order valence-corrected chi connectivity index (χ4v) is 9.57. The van der Waals surface area contributed by atoms with Crippen LogP contribution >= 0.6 is 0 Å². The summed E-state index contributed by atoms with van der Waals surface area (Å²) in [5.41, 5.74) is 14.5. The molecule has 0 radical (unpaired) electrons. The summed E-state index contributed by atoms with van der Waals surface area (Å²) in [4.78, 5) is 2.34. The molecule has 11 aromatic carbocycles. The Balaban J connectivity index is 0.988. The van der Waals surface area contributed by atoms with Crippen LogP contribution in [0.5, 0.6) is 0 Å². The first-order chi connectivity index (χ1) is 30.7. The van der Waals surface area contributed by atoms with Crippen LogP contribution in [0.15, 0.2) is 241 Å². The minimum absolute atomic E-state index is 0.863. The lowest BCUT2D eigenvalue weighted by Gasteiger charge is -2.26. The van der Waals surface area contributed by atoms with Crippen molar-refractivity contribution in [3.63, 3.8) is 0 Å². The molecular weight excluding hydrogens is 751 g/mol. The van der Waals surface area contributed by atoms with Crippen molar-refractivity contribution in [2.24, 2.45) is 0 Å². The molecule has 2 nitrogen and oxygen atoms in total. The Kier molecular flexibility index (Phi) is 8.53. The predicted octanol–water partition coefficient (Wildman–Crippen LogP) is 17.2. The van der Waals surface area contributed by atoms with Crippen LogP contribution in [0.1, 0.15) is 0 Å². The first-order valence-electron chi connectivity index (χ1n) is 21.2. The van der Waals surface area contributed by atoms with E-state index < -0.39 is 0 Å². The third-order valence-electron chi connectivity index (χ3n) is 12.5. The van der Waals surface area contributed by atoms with Gasteiger partial charge in [-0.3, -0.25) is 0 Å². The average Bonchev–Trinajstić information content (AvgIpc) is 3.72. The maximum absolute atomic E-state index is 6.45. The molecule has 1 heterocycles. The first-order valence-corrected chi connectivity index (χ1v) is 21.2. The minimum atomic E-state index is 0.863.